The summed E-state index contributed by atoms with van der Waals surface area (Å²) < 4.78 is 0. The molecule has 1 fully saturated rings. The smallest absolute Gasteiger partial charge is 0.326 e. The maximum atomic E-state index is 11.4. The molecule has 15 heavy (non-hydrogen) atoms. The minimum Gasteiger partial charge on any atom is -0.480 e. The van der Waals surface area contributed by atoms with E-state index in [0.29, 0.717) is 18.8 Å². The summed E-state index contributed by atoms with van der Waals surface area (Å²) in [4.78, 5) is 22.2. The van der Waals surface area contributed by atoms with Gasteiger partial charge in [0, 0.05) is 6.42 Å². The van der Waals surface area contributed by atoms with Gasteiger partial charge in [0.05, 0.1) is 0 Å². The van der Waals surface area contributed by atoms with Gasteiger partial charge in [-0.3, -0.25) is 4.79 Å². The summed E-state index contributed by atoms with van der Waals surface area (Å²) in [5.74, 6) is -0.722. The molecule has 0 unspecified atom stereocenters. The van der Waals surface area contributed by atoms with Crippen LogP contribution in [0.25, 0.3) is 0 Å². The fraction of sp³-hybridized carbons (Fsp3) is 0.800. The van der Waals surface area contributed by atoms with Crippen LogP contribution in [0.3, 0.4) is 0 Å². The van der Waals surface area contributed by atoms with Gasteiger partial charge in [-0.05, 0) is 25.4 Å². The van der Waals surface area contributed by atoms with Gasteiger partial charge in [-0.2, -0.15) is 0 Å². The van der Waals surface area contributed by atoms with E-state index in [9.17, 15) is 9.59 Å². The van der Waals surface area contributed by atoms with Crippen LogP contribution in [-0.4, -0.2) is 36.1 Å². The SMILES string of the molecule is CCC[C@H](NC(=O)CC1CNC1)C(=O)O. The van der Waals surface area contributed by atoms with E-state index in [2.05, 4.69) is 10.6 Å². The molecule has 5 nitrogen and oxygen atoms in total. The molecular formula is C10H18N2O3. The number of aliphatic carboxylic acids is 1. The van der Waals surface area contributed by atoms with Crippen molar-refractivity contribution in [2.24, 2.45) is 5.92 Å². The third kappa shape index (κ3) is 3.87. The Morgan fingerprint density at radius 2 is 2.20 bits per heavy atom. The molecule has 1 saturated heterocycles. The van der Waals surface area contributed by atoms with E-state index < -0.39 is 12.0 Å². The van der Waals surface area contributed by atoms with Gasteiger partial charge in [0.2, 0.25) is 5.91 Å². The van der Waals surface area contributed by atoms with Crippen LogP contribution in [0.2, 0.25) is 0 Å². The van der Waals surface area contributed by atoms with Crippen molar-refractivity contribution in [3.63, 3.8) is 0 Å². The lowest BCUT2D eigenvalue weighted by Crippen LogP contribution is -2.47. The fourth-order valence-electron chi connectivity index (χ4n) is 1.55. The molecule has 1 rings (SSSR count). The highest BCUT2D eigenvalue weighted by molar-refractivity contribution is 5.83. The minimum atomic E-state index is -0.947. The number of carboxylic acid groups (broad SMARTS) is 1. The molecule has 0 aromatic heterocycles. The second-order valence-corrected chi connectivity index (χ2v) is 3.98. The zero-order chi connectivity index (χ0) is 11.3. The zero-order valence-corrected chi connectivity index (χ0v) is 8.95. The van der Waals surface area contributed by atoms with Crippen LogP contribution >= 0.6 is 0 Å². The second-order valence-electron chi connectivity index (χ2n) is 3.98. The van der Waals surface area contributed by atoms with Gasteiger partial charge in [-0.1, -0.05) is 13.3 Å². The van der Waals surface area contributed by atoms with Crippen molar-refractivity contribution in [2.75, 3.05) is 13.1 Å². The topological polar surface area (TPSA) is 78.4 Å². The third-order valence-electron chi connectivity index (χ3n) is 2.55. The number of amides is 1. The monoisotopic (exact) mass is 214 g/mol. The fourth-order valence-corrected chi connectivity index (χ4v) is 1.55. The number of rotatable bonds is 6. The quantitative estimate of drug-likeness (QED) is 0.580. The summed E-state index contributed by atoms with van der Waals surface area (Å²) in [7, 11) is 0. The van der Waals surface area contributed by atoms with Crippen molar-refractivity contribution in [3.05, 3.63) is 0 Å². The van der Waals surface area contributed by atoms with Crippen molar-refractivity contribution in [1.82, 2.24) is 10.6 Å². The molecule has 0 spiro atoms. The highest BCUT2D eigenvalue weighted by Crippen LogP contribution is 2.08. The summed E-state index contributed by atoms with van der Waals surface area (Å²) in [5, 5.41) is 14.5. The van der Waals surface area contributed by atoms with Crippen LogP contribution in [0.15, 0.2) is 0 Å². The van der Waals surface area contributed by atoms with Crippen molar-refractivity contribution in [1.29, 1.82) is 0 Å². The standard InChI is InChI=1S/C10H18N2O3/c1-2-3-8(10(14)15)12-9(13)4-7-5-11-6-7/h7-8,11H,2-6H2,1H3,(H,12,13)(H,14,15)/t8-/m0/s1. The highest BCUT2D eigenvalue weighted by Gasteiger charge is 2.23. The Morgan fingerprint density at radius 3 is 2.60 bits per heavy atom. The van der Waals surface area contributed by atoms with E-state index in [0.717, 1.165) is 19.5 Å². The van der Waals surface area contributed by atoms with E-state index in [1.54, 1.807) is 0 Å². The summed E-state index contributed by atoms with van der Waals surface area (Å²) in [6.45, 7) is 3.62. The van der Waals surface area contributed by atoms with Gasteiger partial charge < -0.3 is 15.7 Å². The molecular weight excluding hydrogens is 196 g/mol. The molecule has 0 aliphatic carbocycles. The zero-order valence-electron chi connectivity index (χ0n) is 8.95. The first-order valence-electron chi connectivity index (χ1n) is 5.36. The van der Waals surface area contributed by atoms with Crippen LogP contribution < -0.4 is 10.6 Å². The minimum absolute atomic E-state index is 0.151. The molecule has 1 atom stereocenters. The molecule has 0 saturated carbocycles. The molecule has 5 heteroatoms. The number of hydrogen-bond donors (Lipinski definition) is 3. The normalized spacial score (nSPS) is 17.9. The Labute approximate surface area is 89.2 Å². The van der Waals surface area contributed by atoms with Gasteiger partial charge in [0.25, 0.3) is 0 Å². The van der Waals surface area contributed by atoms with Gasteiger partial charge >= 0.3 is 5.97 Å². The predicted octanol–water partition coefficient (Wildman–Crippen LogP) is -0.0346. The van der Waals surface area contributed by atoms with E-state index in [1.165, 1.54) is 0 Å². The first-order chi connectivity index (χ1) is 7.13. The highest BCUT2D eigenvalue weighted by atomic mass is 16.4. The lowest BCUT2D eigenvalue weighted by molar-refractivity contribution is -0.142. The largest absolute Gasteiger partial charge is 0.480 e. The number of hydrogen-bond acceptors (Lipinski definition) is 3. The van der Waals surface area contributed by atoms with E-state index in [-0.39, 0.29) is 5.91 Å². The second kappa shape index (κ2) is 5.70. The van der Waals surface area contributed by atoms with Crippen LogP contribution in [-0.2, 0) is 9.59 Å². The van der Waals surface area contributed by atoms with Crippen LogP contribution in [0, 0.1) is 5.92 Å². The molecule has 0 bridgehead atoms. The average molecular weight is 214 g/mol. The van der Waals surface area contributed by atoms with E-state index in [1.807, 2.05) is 6.92 Å². The van der Waals surface area contributed by atoms with Gasteiger partial charge in [0.15, 0.2) is 0 Å². The first-order valence-corrected chi connectivity index (χ1v) is 5.36. The Hall–Kier alpha value is -1.10. The van der Waals surface area contributed by atoms with Gasteiger partial charge in [-0.25, -0.2) is 4.79 Å². The summed E-state index contributed by atoms with van der Waals surface area (Å²) in [6, 6.07) is -0.726. The molecule has 0 aromatic rings. The Kier molecular flexibility index (Phi) is 4.55. The number of carboxylic acids is 1. The van der Waals surface area contributed by atoms with Crippen molar-refractivity contribution < 1.29 is 14.7 Å². The molecule has 1 heterocycles. The van der Waals surface area contributed by atoms with Crippen LogP contribution in [0.1, 0.15) is 26.2 Å². The molecule has 0 radical (unpaired) electrons. The Bertz CT molecular complexity index is 239. The maximum absolute atomic E-state index is 11.4. The molecule has 1 aliphatic rings. The van der Waals surface area contributed by atoms with Crippen molar-refractivity contribution >= 4 is 11.9 Å². The van der Waals surface area contributed by atoms with Crippen LogP contribution in [0.5, 0.6) is 0 Å². The molecule has 3 N–H and O–H groups in total. The summed E-state index contributed by atoms with van der Waals surface area (Å²) in [6.07, 6.45) is 1.67. The molecule has 1 aliphatic heterocycles. The summed E-state index contributed by atoms with van der Waals surface area (Å²) >= 11 is 0. The van der Waals surface area contributed by atoms with E-state index >= 15 is 0 Å². The summed E-state index contributed by atoms with van der Waals surface area (Å²) in [5.41, 5.74) is 0. The lowest BCUT2D eigenvalue weighted by atomic mass is 9.99. The molecule has 0 aromatic carbocycles. The van der Waals surface area contributed by atoms with Crippen LogP contribution in [0.4, 0.5) is 0 Å². The van der Waals surface area contributed by atoms with E-state index in [4.69, 9.17) is 5.11 Å². The molecule has 1 amide bonds. The maximum Gasteiger partial charge on any atom is 0.326 e. The Balaban J connectivity index is 2.28. The first kappa shape index (κ1) is 12.0. The third-order valence-corrected chi connectivity index (χ3v) is 2.55. The molecule has 86 valence electrons. The van der Waals surface area contributed by atoms with Gasteiger partial charge in [0.1, 0.15) is 6.04 Å². The Morgan fingerprint density at radius 1 is 1.53 bits per heavy atom. The lowest BCUT2D eigenvalue weighted by Gasteiger charge is -2.26. The predicted molar refractivity (Wildman–Crippen MR) is 55.5 cm³/mol. The van der Waals surface area contributed by atoms with Gasteiger partial charge in [-0.15, -0.1) is 0 Å². The number of carbonyl (C=O) groups excluding carboxylic acids is 1. The van der Waals surface area contributed by atoms with Crippen molar-refractivity contribution in [3.8, 4) is 0 Å². The number of nitrogens with one attached hydrogen (secondary N) is 2. The number of carbonyl (C=O) groups is 2. The average Bonchev–Trinajstić information content (AvgIpc) is 2.10. The van der Waals surface area contributed by atoms with Crippen molar-refractivity contribution in [2.45, 2.75) is 32.2 Å².